The van der Waals surface area contributed by atoms with E-state index in [2.05, 4.69) is 28.1 Å². The van der Waals surface area contributed by atoms with E-state index in [9.17, 15) is 9.18 Å². The second-order valence-electron chi connectivity index (χ2n) is 5.19. The minimum Gasteiger partial charge on any atom is -0.354 e. The quantitative estimate of drug-likeness (QED) is 0.771. The van der Waals surface area contributed by atoms with Crippen LogP contribution in [0.15, 0.2) is 60.8 Å². The molecule has 0 unspecified atom stereocenters. The molecule has 0 saturated heterocycles. The lowest BCUT2D eigenvalue weighted by Gasteiger charge is -2.08. The Bertz CT molecular complexity index is 794. The van der Waals surface area contributed by atoms with Gasteiger partial charge in [0.25, 0.3) is 0 Å². The number of para-hydroxylation sites is 1. The summed E-state index contributed by atoms with van der Waals surface area (Å²) in [7, 11) is 0. The largest absolute Gasteiger partial charge is 0.354 e. The Morgan fingerprint density at radius 2 is 1.82 bits per heavy atom. The third-order valence-electron chi connectivity index (χ3n) is 3.66. The van der Waals surface area contributed by atoms with Crippen molar-refractivity contribution in [1.29, 1.82) is 0 Å². The molecule has 1 amide bonds. The Hall–Kier alpha value is -2.62. The number of hydrogen-bond donors (Lipinski definition) is 1. The van der Waals surface area contributed by atoms with Crippen LogP contribution in [-0.2, 0) is 17.8 Å². The van der Waals surface area contributed by atoms with Gasteiger partial charge in [0.05, 0.1) is 6.42 Å². The molecule has 3 rings (SSSR count). The summed E-state index contributed by atoms with van der Waals surface area (Å²) in [6.45, 7) is 1.21. The van der Waals surface area contributed by atoms with E-state index in [0.717, 1.165) is 5.52 Å². The van der Waals surface area contributed by atoms with E-state index in [1.807, 2.05) is 18.3 Å². The number of halogens is 1. The molecule has 2 aromatic carbocycles. The lowest BCUT2D eigenvalue weighted by molar-refractivity contribution is -0.120. The van der Waals surface area contributed by atoms with Crippen LogP contribution in [0.25, 0.3) is 10.9 Å². The van der Waals surface area contributed by atoms with Gasteiger partial charge in [-0.25, -0.2) is 4.39 Å². The monoisotopic (exact) mass is 296 g/mol. The van der Waals surface area contributed by atoms with E-state index in [4.69, 9.17) is 0 Å². The van der Waals surface area contributed by atoms with E-state index in [-0.39, 0.29) is 18.1 Å². The summed E-state index contributed by atoms with van der Waals surface area (Å²) in [5.41, 5.74) is 1.57. The predicted molar refractivity (Wildman–Crippen MR) is 85.1 cm³/mol. The molecule has 0 aliphatic heterocycles. The molecule has 1 N–H and O–H groups in total. The number of nitrogens with one attached hydrogen (secondary N) is 1. The zero-order valence-corrected chi connectivity index (χ0v) is 12.1. The van der Waals surface area contributed by atoms with Crippen molar-refractivity contribution in [3.8, 4) is 0 Å². The van der Waals surface area contributed by atoms with Gasteiger partial charge in [0.15, 0.2) is 0 Å². The third kappa shape index (κ3) is 3.17. The van der Waals surface area contributed by atoms with Gasteiger partial charge in [0.1, 0.15) is 5.82 Å². The van der Waals surface area contributed by atoms with Crippen LogP contribution < -0.4 is 5.32 Å². The molecule has 0 radical (unpaired) electrons. The van der Waals surface area contributed by atoms with Crippen LogP contribution in [0.2, 0.25) is 0 Å². The first-order valence-corrected chi connectivity index (χ1v) is 7.28. The number of fused-ring (bicyclic) bond motifs is 1. The van der Waals surface area contributed by atoms with Crippen LogP contribution in [0.4, 0.5) is 4.39 Å². The smallest absolute Gasteiger partial charge is 0.224 e. The minimum absolute atomic E-state index is 0.0686. The molecule has 1 aromatic heterocycles. The van der Waals surface area contributed by atoms with Gasteiger partial charge in [-0.15, -0.1) is 0 Å². The summed E-state index contributed by atoms with van der Waals surface area (Å²) in [5.74, 6) is -0.504. The van der Waals surface area contributed by atoms with E-state index >= 15 is 0 Å². The third-order valence-corrected chi connectivity index (χ3v) is 3.66. The highest BCUT2D eigenvalue weighted by Crippen LogP contribution is 2.14. The summed E-state index contributed by atoms with van der Waals surface area (Å²) in [6, 6.07) is 16.5. The lowest BCUT2D eigenvalue weighted by atomic mass is 10.1. The molecule has 4 heteroatoms. The van der Waals surface area contributed by atoms with E-state index in [1.54, 1.807) is 18.2 Å². The van der Waals surface area contributed by atoms with Gasteiger partial charge < -0.3 is 9.88 Å². The van der Waals surface area contributed by atoms with Crippen molar-refractivity contribution in [3.05, 3.63) is 72.2 Å². The Balaban J connectivity index is 1.55. The van der Waals surface area contributed by atoms with Crippen molar-refractivity contribution in [1.82, 2.24) is 9.88 Å². The highest BCUT2D eigenvalue weighted by molar-refractivity contribution is 5.80. The minimum atomic E-state index is -0.339. The Labute approximate surface area is 128 Å². The number of carbonyl (C=O) groups excluding carboxylic acids is 1. The van der Waals surface area contributed by atoms with Crippen LogP contribution in [0.3, 0.4) is 0 Å². The SMILES string of the molecule is O=C(Cc1ccccc1F)NCCn1ccc2ccccc21. The maximum Gasteiger partial charge on any atom is 0.224 e. The van der Waals surface area contributed by atoms with Crippen molar-refractivity contribution in [2.24, 2.45) is 0 Å². The van der Waals surface area contributed by atoms with Gasteiger partial charge >= 0.3 is 0 Å². The molecule has 22 heavy (non-hydrogen) atoms. The van der Waals surface area contributed by atoms with Crippen molar-refractivity contribution in [2.45, 2.75) is 13.0 Å². The highest BCUT2D eigenvalue weighted by atomic mass is 19.1. The molecule has 3 aromatic rings. The average Bonchev–Trinajstić information content (AvgIpc) is 2.93. The average molecular weight is 296 g/mol. The van der Waals surface area contributed by atoms with E-state index < -0.39 is 0 Å². The van der Waals surface area contributed by atoms with Crippen LogP contribution in [0, 0.1) is 5.82 Å². The molecular formula is C18H17FN2O. The number of rotatable bonds is 5. The molecule has 0 bridgehead atoms. The van der Waals surface area contributed by atoms with Crippen LogP contribution >= 0.6 is 0 Å². The Kier molecular flexibility index (Phi) is 4.19. The fraction of sp³-hybridized carbons (Fsp3) is 0.167. The number of carbonyl (C=O) groups is 1. The molecule has 0 saturated carbocycles. The van der Waals surface area contributed by atoms with E-state index in [0.29, 0.717) is 18.7 Å². The molecule has 0 aliphatic rings. The first kappa shape index (κ1) is 14.3. The molecule has 1 heterocycles. The fourth-order valence-electron chi connectivity index (χ4n) is 2.53. The Morgan fingerprint density at radius 1 is 1.05 bits per heavy atom. The molecular weight excluding hydrogens is 279 g/mol. The van der Waals surface area contributed by atoms with Crippen LogP contribution in [0.5, 0.6) is 0 Å². The van der Waals surface area contributed by atoms with E-state index in [1.165, 1.54) is 11.5 Å². The van der Waals surface area contributed by atoms with Crippen molar-refractivity contribution in [3.63, 3.8) is 0 Å². The summed E-state index contributed by atoms with van der Waals surface area (Å²) < 4.78 is 15.6. The van der Waals surface area contributed by atoms with Crippen molar-refractivity contribution in [2.75, 3.05) is 6.54 Å². The summed E-state index contributed by atoms with van der Waals surface area (Å²) in [6.07, 6.45) is 2.08. The number of aromatic nitrogens is 1. The standard InChI is InChI=1S/C18H17FN2O/c19-16-7-3-1-6-15(16)13-18(22)20-10-12-21-11-9-14-5-2-4-8-17(14)21/h1-9,11H,10,12-13H2,(H,20,22). The zero-order valence-electron chi connectivity index (χ0n) is 12.1. The van der Waals surface area contributed by atoms with Gasteiger partial charge in [0.2, 0.25) is 5.91 Å². The maximum absolute atomic E-state index is 13.5. The number of benzene rings is 2. The molecule has 0 atom stereocenters. The van der Waals surface area contributed by atoms with Crippen molar-refractivity contribution < 1.29 is 9.18 Å². The predicted octanol–water partition coefficient (Wildman–Crippen LogP) is 3.14. The van der Waals surface area contributed by atoms with Crippen LogP contribution in [0.1, 0.15) is 5.56 Å². The first-order valence-electron chi connectivity index (χ1n) is 7.28. The maximum atomic E-state index is 13.5. The molecule has 0 fully saturated rings. The second kappa shape index (κ2) is 6.43. The molecule has 3 nitrogen and oxygen atoms in total. The van der Waals surface area contributed by atoms with Crippen LogP contribution in [-0.4, -0.2) is 17.0 Å². The van der Waals surface area contributed by atoms with Crippen molar-refractivity contribution >= 4 is 16.8 Å². The zero-order chi connectivity index (χ0) is 15.4. The first-order chi connectivity index (χ1) is 10.7. The topological polar surface area (TPSA) is 34.0 Å². The Morgan fingerprint density at radius 3 is 2.68 bits per heavy atom. The van der Waals surface area contributed by atoms with Gasteiger partial charge in [-0.05, 0) is 29.1 Å². The van der Waals surface area contributed by atoms with Gasteiger partial charge in [-0.2, -0.15) is 0 Å². The van der Waals surface area contributed by atoms with Gasteiger partial charge in [-0.3, -0.25) is 4.79 Å². The second-order valence-corrected chi connectivity index (χ2v) is 5.19. The lowest BCUT2D eigenvalue weighted by Crippen LogP contribution is -2.28. The summed E-state index contributed by atoms with van der Waals surface area (Å²) in [4.78, 5) is 11.9. The molecule has 112 valence electrons. The van der Waals surface area contributed by atoms with Gasteiger partial charge in [-0.1, -0.05) is 36.4 Å². The normalized spacial score (nSPS) is 10.8. The molecule has 0 spiro atoms. The summed E-state index contributed by atoms with van der Waals surface area (Å²) >= 11 is 0. The highest BCUT2D eigenvalue weighted by Gasteiger charge is 2.07. The number of amides is 1. The summed E-state index contributed by atoms with van der Waals surface area (Å²) in [5, 5.41) is 4.02. The number of hydrogen-bond acceptors (Lipinski definition) is 1. The fourth-order valence-corrected chi connectivity index (χ4v) is 2.53. The molecule has 0 aliphatic carbocycles. The van der Waals surface area contributed by atoms with Gasteiger partial charge in [0, 0.05) is 24.8 Å². The number of nitrogens with zero attached hydrogens (tertiary/aromatic N) is 1.